The van der Waals surface area contributed by atoms with Crippen LogP contribution in [-0.2, 0) is 9.53 Å². The molecule has 1 aliphatic rings. The van der Waals surface area contributed by atoms with E-state index >= 15 is 0 Å². The highest BCUT2D eigenvalue weighted by molar-refractivity contribution is 6.05. The Kier molecular flexibility index (Phi) is 6.88. The number of carbonyl (C=O) groups excluding carboxylic acids is 2. The van der Waals surface area contributed by atoms with E-state index in [1.165, 1.54) is 12.1 Å². The second-order valence-corrected chi connectivity index (χ2v) is 8.22. The summed E-state index contributed by atoms with van der Waals surface area (Å²) in [4.78, 5) is 26.7. The van der Waals surface area contributed by atoms with Crippen LogP contribution in [0.4, 0.5) is 10.1 Å². The molecule has 0 bridgehead atoms. The lowest BCUT2D eigenvalue weighted by molar-refractivity contribution is -0.133. The number of fused-ring (bicyclic) bond motifs is 1. The summed E-state index contributed by atoms with van der Waals surface area (Å²) in [6, 6.07) is 12.2. The number of ether oxygens (including phenoxy) is 1. The first kappa shape index (κ1) is 22.7. The summed E-state index contributed by atoms with van der Waals surface area (Å²) in [7, 11) is 1.57. The van der Waals surface area contributed by atoms with Gasteiger partial charge in [-0.25, -0.2) is 4.39 Å². The third-order valence-electron chi connectivity index (χ3n) is 6.03. The van der Waals surface area contributed by atoms with Crippen molar-refractivity contribution < 1.29 is 18.7 Å². The predicted molar refractivity (Wildman–Crippen MR) is 124 cm³/mol. The second-order valence-electron chi connectivity index (χ2n) is 8.22. The highest BCUT2D eigenvalue weighted by Gasteiger charge is 2.27. The van der Waals surface area contributed by atoms with Gasteiger partial charge in [0.25, 0.3) is 11.8 Å². The average molecular weight is 454 g/mol. The molecule has 0 spiro atoms. The number of amides is 2. The van der Waals surface area contributed by atoms with Crippen LogP contribution in [0.1, 0.15) is 35.3 Å². The van der Waals surface area contributed by atoms with Crippen LogP contribution in [0.2, 0.25) is 0 Å². The quantitative estimate of drug-likeness (QED) is 0.511. The van der Waals surface area contributed by atoms with Crippen molar-refractivity contribution in [2.45, 2.75) is 25.4 Å². The number of nitrogens with zero attached hydrogens (tertiary/aromatic N) is 2. The normalized spacial score (nSPS) is 17.1. The Balaban J connectivity index is 1.33. The molecule has 1 aromatic heterocycles. The maximum absolute atomic E-state index is 13.1. The molecule has 2 unspecified atom stereocenters. The molecule has 0 saturated carbocycles. The SMILES string of the molecule is CNC(=O)c1n[nH]c2cc(N3CCOC(C(=O)NCCC(C)c4ccc(F)cc4)C3)ccc12. The molecule has 2 heterocycles. The van der Waals surface area contributed by atoms with E-state index in [1.54, 1.807) is 19.2 Å². The minimum absolute atomic E-state index is 0.143. The van der Waals surface area contributed by atoms with Crippen molar-refractivity contribution in [2.24, 2.45) is 0 Å². The Labute approximate surface area is 191 Å². The number of benzene rings is 2. The molecule has 3 aromatic rings. The number of H-pyrrole nitrogens is 1. The van der Waals surface area contributed by atoms with Crippen LogP contribution in [0.25, 0.3) is 10.9 Å². The van der Waals surface area contributed by atoms with Crippen LogP contribution in [0.15, 0.2) is 42.5 Å². The number of aromatic amines is 1. The molecule has 0 radical (unpaired) electrons. The molecule has 174 valence electrons. The Morgan fingerprint density at radius 2 is 2.06 bits per heavy atom. The molecule has 2 aromatic carbocycles. The smallest absolute Gasteiger partial charge is 0.272 e. The largest absolute Gasteiger partial charge is 0.366 e. The summed E-state index contributed by atoms with van der Waals surface area (Å²) in [5, 5.41) is 13.3. The van der Waals surface area contributed by atoms with Crippen LogP contribution in [0.3, 0.4) is 0 Å². The van der Waals surface area contributed by atoms with Gasteiger partial charge in [-0.05, 0) is 48.2 Å². The number of aromatic nitrogens is 2. The molecular formula is C24H28FN5O3. The third-order valence-corrected chi connectivity index (χ3v) is 6.03. The summed E-state index contributed by atoms with van der Waals surface area (Å²) in [5.41, 5.74) is 3.08. The van der Waals surface area contributed by atoms with Crippen LogP contribution >= 0.6 is 0 Å². The minimum Gasteiger partial charge on any atom is -0.366 e. The number of carbonyl (C=O) groups is 2. The first-order valence-corrected chi connectivity index (χ1v) is 11.1. The van der Waals surface area contributed by atoms with Gasteiger partial charge in [-0.3, -0.25) is 14.7 Å². The molecule has 3 N–H and O–H groups in total. The highest BCUT2D eigenvalue weighted by Crippen LogP contribution is 2.25. The molecular weight excluding hydrogens is 425 g/mol. The average Bonchev–Trinajstić information content (AvgIpc) is 3.27. The third kappa shape index (κ3) is 5.14. The van der Waals surface area contributed by atoms with Gasteiger partial charge in [0, 0.05) is 31.2 Å². The van der Waals surface area contributed by atoms with Gasteiger partial charge < -0.3 is 20.3 Å². The summed E-state index contributed by atoms with van der Waals surface area (Å²) in [5.74, 6) is -0.436. The van der Waals surface area contributed by atoms with Gasteiger partial charge in [0.1, 0.15) is 5.82 Å². The van der Waals surface area contributed by atoms with E-state index in [9.17, 15) is 14.0 Å². The van der Waals surface area contributed by atoms with Gasteiger partial charge in [-0.1, -0.05) is 19.1 Å². The highest BCUT2D eigenvalue weighted by atomic mass is 19.1. The second kappa shape index (κ2) is 9.99. The maximum atomic E-state index is 13.1. The molecule has 2 amide bonds. The van der Waals surface area contributed by atoms with Crippen molar-refractivity contribution in [2.75, 3.05) is 38.2 Å². The summed E-state index contributed by atoms with van der Waals surface area (Å²) in [6.45, 7) is 4.10. The monoisotopic (exact) mass is 453 g/mol. The summed E-state index contributed by atoms with van der Waals surface area (Å²) < 4.78 is 18.8. The van der Waals surface area contributed by atoms with Crippen molar-refractivity contribution in [1.29, 1.82) is 0 Å². The molecule has 9 heteroatoms. The fourth-order valence-corrected chi connectivity index (χ4v) is 4.02. The first-order chi connectivity index (χ1) is 16.0. The van der Waals surface area contributed by atoms with Gasteiger partial charge in [0.15, 0.2) is 11.8 Å². The molecule has 0 aliphatic carbocycles. The molecule has 8 nitrogen and oxygen atoms in total. The van der Waals surface area contributed by atoms with Crippen LogP contribution in [0.5, 0.6) is 0 Å². The fraction of sp³-hybridized carbons (Fsp3) is 0.375. The number of anilines is 1. The molecule has 4 rings (SSSR count). The van der Waals surface area contributed by atoms with Gasteiger partial charge in [-0.15, -0.1) is 0 Å². The lowest BCUT2D eigenvalue weighted by Crippen LogP contribution is -2.50. The zero-order valence-corrected chi connectivity index (χ0v) is 18.7. The maximum Gasteiger partial charge on any atom is 0.272 e. The summed E-state index contributed by atoms with van der Waals surface area (Å²) >= 11 is 0. The van der Waals surface area contributed by atoms with Crippen LogP contribution in [0, 0.1) is 5.82 Å². The molecule has 33 heavy (non-hydrogen) atoms. The number of hydrogen-bond donors (Lipinski definition) is 3. The minimum atomic E-state index is -0.571. The molecule has 1 aliphatic heterocycles. The zero-order valence-electron chi connectivity index (χ0n) is 18.7. The zero-order chi connectivity index (χ0) is 23.4. The van der Waals surface area contributed by atoms with E-state index in [-0.39, 0.29) is 23.5 Å². The first-order valence-electron chi connectivity index (χ1n) is 11.1. The van der Waals surface area contributed by atoms with Crippen molar-refractivity contribution in [3.05, 3.63) is 59.5 Å². The van der Waals surface area contributed by atoms with Crippen molar-refractivity contribution in [1.82, 2.24) is 20.8 Å². The summed E-state index contributed by atoms with van der Waals surface area (Å²) in [6.07, 6.45) is 0.177. The van der Waals surface area contributed by atoms with Crippen molar-refractivity contribution in [3.8, 4) is 0 Å². The van der Waals surface area contributed by atoms with E-state index in [0.717, 1.165) is 28.6 Å². The van der Waals surface area contributed by atoms with Gasteiger partial charge >= 0.3 is 0 Å². The molecule has 1 fully saturated rings. The lowest BCUT2D eigenvalue weighted by atomic mass is 9.98. The number of nitrogens with one attached hydrogen (secondary N) is 3. The van der Waals surface area contributed by atoms with E-state index in [4.69, 9.17) is 4.74 Å². The van der Waals surface area contributed by atoms with Gasteiger partial charge in [-0.2, -0.15) is 5.10 Å². The number of halogens is 1. The standard InChI is InChI=1S/C24H28FN5O3/c1-15(16-3-5-17(25)6-4-16)9-10-27-23(31)21-14-30(11-12-33-21)18-7-8-19-20(13-18)28-29-22(19)24(32)26-2/h3-8,13,15,21H,9-12,14H2,1-2H3,(H,26,32)(H,27,31)(H,28,29). The fourth-order valence-electron chi connectivity index (χ4n) is 4.02. The van der Waals surface area contributed by atoms with E-state index < -0.39 is 6.10 Å². The Bertz CT molecular complexity index is 1130. The number of morpholine rings is 1. The lowest BCUT2D eigenvalue weighted by Gasteiger charge is -2.33. The van der Waals surface area contributed by atoms with Gasteiger partial charge in [0.2, 0.25) is 0 Å². The van der Waals surface area contributed by atoms with E-state index in [2.05, 4.69) is 32.7 Å². The Morgan fingerprint density at radius 3 is 2.82 bits per heavy atom. The predicted octanol–water partition coefficient (Wildman–Crippen LogP) is 2.58. The Hall–Kier alpha value is -3.46. The number of hydrogen-bond acceptors (Lipinski definition) is 5. The van der Waals surface area contributed by atoms with Crippen LogP contribution < -0.4 is 15.5 Å². The molecule has 2 atom stereocenters. The Morgan fingerprint density at radius 1 is 1.27 bits per heavy atom. The van der Waals surface area contributed by atoms with Crippen molar-refractivity contribution in [3.63, 3.8) is 0 Å². The van der Waals surface area contributed by atoms with Crippen LogP contribution in [-0.4, -0.2) is 61.4 Å². The van der Waals surface area contributed by atoms with Crippen molar-refractivity contribution >= 4 is 28.4 Å². The van der Waals surface area contributed by atoms with E-state index in [1.807, 2.05) is 18.2 Å². The topological polar surface area (TPSA) is 99.3 Å². The number of rotatable bonds is 7. The van der Waals surface area contributed by atoms with Gasteiger partial charge in [0.05, 0.1) is 18.7 Å². The molecule has 1 saturated heterocycles. The van der Waals surface area contributed by atoms with E-state index in [0.29, 0.717) is 31.9 Å².